The number of aliphatic hydroxyl groups excluding tert-OH is 2. The molecule has 4 aliphatic rings. The molecule has 1 aromatic carbocycles. The molecular weight excluding hydrogens is 491 g/mol. The van der Waals surface area contributed by atoms with Gasteiger partial charge in [-0.1, -0.05) is 62.2 Å². The number of halogens is 2. The van der Waals surface area contributed by atoms with Gasteiger partial charge in [0.05, 0.1) is 27.6 Å². The van der Waals surface area contributed by atoms with Crippen LogP contribution in [0.2, 0.25) is 10.0 Å². The van der Waals surface area contributed by atoms with Gasteiger partial charge in [-0.15, -0.1) is 0 Å². The largest absolute Gasteiger partial charge is 0.451 e. The van der Waals surface area contributed by atoms with Crippen molar-refractivity contribution in [1.29, 1.82) is 0 Å². The topological polar surface area (TPSA) is 104 Å². The van der Waals surface area contributed by atoms with Gasteiger partial charge in [0.1, 0.15) is 6.10 Å². The lowest BCUT2D eigenvalue weighted by molar-refractivity contribution is -0.190. The molecule has 5 rings (SSSR count). The molecule has 0 radical (unpaired) electrons. The lowest BCUT2D eigenvalue weighted by Gasteiger charge is -2.48. The number of carbonyl (C=O) groups excluding carboxylic acids is 2. The van der Waals surface area contributed by atoms with Crippen LogP contribution >= 0.6 is 23.2 Å². The van der Waals surface area contributed by atoms with Crippen molar-refractivity contribution in [2.75, 3.05) is 6.61 Å². The van der Waals surface area contributed by atoms with Crippen LogP contribution in [0, 0.1) is 34.5 Å². The summed E-state index contributed by atoms with van der Waals surface area (Å²) in [6.07, 6.45) is 1.03. The van der Waals surface area contributed by atoms with E-state index < -0.39 is 41.7 Å². The molecule has 1 aromatic rings. The Labute approximate surface area is 214 Å². The first-order chi connectivity index (χ1) is 16.3. The van der Waals surface area contributed by atoms with Gasteiger partial charge in [-0.3, -0.25) is 4.79 Å². The SMILES string of the molecule is CC1=CC23C(=O)C(C=C(CO)C(O)C2(O)C1OC(=O)c1c(Cl)cccc1Cl)C1C(C[C@H]3C)C1(C)C. The number of fused-ring (bicyclic) bond motifs is 3. The van der Waals surface area contributed by atoms with Gasteiger partial charge in [-0.05, 0) is 59.8 Å². The Kier molecular flexibility index (Phi) is 5.63. The van der Waals surface area contributed by atoms with Gasteiger partial charge in [0, 0.05) is 5.92 Å². The van der Waals surface area contributed by atoms with E-state index in [-0.39, 0.29) is 50.1 Å². The Morgan fingerprint density at radius 2 is 1.86 bits per heavy atom. The van der Waals surface area contributed by atoms with Gasteiger partial charge in [-0.2, -0.15) is 0 Å². The fourth-order valence-electron chi connectivity index (χ4n) is 7.45. The maximum Gasteiger partial charge on any atom is 0.341 e. The van der Waals surface area contributed by atoms with Crippen LogP contribution in [0.5, 0.6) is 0 Å². The number of rotatable bonds is 3. The molecule has 0 amide bonds. The first kappa shape index (κ1) is 25.0. The normalized spacial score (nSPS) is 41.1. The molecule has 0 heterocycles. The molecular formula is C27H30Cl2O6. The molecule has 0 saturated heterocycles. The van der Waals surface area contributed by atoms with E-state index in [4.69, 9.17) is 27.9 Å². The minimum Gasteiger partial charge on any atom is -0.451 e. The summed E-state index contributed by atoms with van der Waals surface area (Å²) < 4.78 is 5.82. The zero-order valence-electron chi connectivity index (χ0n) is 20.1. The van der Waals surface area contributed by atoms with Crippen molar-refractivity contribution in [2.24, 2.45) is 34.5 Å². The molecule has 2 bridgehead atoms. The minimum atomic E-state index is -2.21. The number of aliphatic hydroxyl groups is 3. The van der Waals surface area contributed by atoms with E-state index in [0.717, 1.165) is 0 Å². The van der Waals surface area contributed by atoms with Gasteiger partial charge in [0.15, 0.2) is 17.5 Å². The highest BCUT2D eigenvalue weighted by molar-refractivity contribution is 6.39. The number of Topliss-reactive ketones (excluding diaryl/α,β-unsaturated/α-hetero) is 1. The predicted molar refractivity (Wildman–Crippen MR) is 131 cm³/mol. The van der Waals surface area contributed by atoms with E-state index in [1.54, 1.807) is 25.1 Å². The smallest absolute Gasteiger partial charge is 0.341 e. The maximum atomic E-state index is 14.3. The lowest BCUT2D eigenvalue weighted by Crippen LogP contribution is -2.65. The molecule has 2 saturated carbocycles. The summed E-state index contributed by atoms with van der Waals surface area (Å²) in [6, 6.07) is 4.59. The summed E-state index contributed by atoms with van der Waals surface area (Å²) >= 11 is 12.4. The Balaban J connectivity index is 1.65. The summed E-state index contributed by atoms with van der Waals surface area (Å²) in [5, 5.41) is 34.3. The number of allylic oxidation sites excluding steroid dienone is 1. The van der Waals surface area contributed by atoms with Crippen LogP contribution in [0.25, 0.3) is 0 Å². The van der Waals surface area contributed by atoms with Crippen molar-refractivity contribution in [3.05, 3.63) is 57.1 Å². The summed E-state index contributed by atoms with van der Waals surface area (Å²) in [6.45, 7) is 7.31. The average molecular weight is 521 g/mol. The predicted octanol–water partition coefficient (Wildman–Crippen LogP) is 3.99. The van der Waals surface area contributed by atoms with Gasteiger partial charge >= 0.3 is 5.97 Å². The first-order valence-electron chi connectivity index (χ1n) is 11.9. The van der Waals surface area contributed by atoms with E-state index in [9.17, 15) is 24.9 Å². The van der Waals surface area contributed by atoms with Crippen molar-refractivity contribution >= 4 is 35.0 Å². The molecule has 6 nitrogen and oxygen atoms in total. The third-order valence-corrected chi connectivity index (χ3v) is 9.92. The Bertz CT molecular complexity index is 1170. The van der Waals surface area contributed by atoms with E-state index in [0.29, 0.717) is 12.0 Å². The van der Waals surface area contributed by atoms with Crippen molar-refractivity contribution in [3.63, 3.8) is 0 Å². The molecule has 8 atom stereocenters. The monoisotopic (exact) mass is 520 g/mol. The van der Waals surface area contributed by atoms with E-state index in [2.05, 4.69) is 13.8 Å². The second-order valence-corrected chi connectivity index (χ2v) is 12.1. The molecule has 4 aliphatic carbocycles. The van der Waals surface area contributed by atoms with Crippen LogP contribution in [-0.4, -0.2) is 51.5 Å². The van der Waals surface area contributed by atoms with Crippen LogP contribution in [0.15, 0.2) is 41.5 Å². The number of ether oxygens (including phenoxy) is 1. The number of carbonyl (C=O) groups is 2. The minimum absolute atomic E-state index is 0.0464. The highest BCUT2D eigenvalue weighted by atomic mass is 35.5. The highest BCUT2D eigenvalue weighted by Gasteiger charge is 2.76. The van der Waals surface area contributed by atoms with Crippen LogP contribution in [0.3, 0.4) is 0 Å². The van der Waals surface area contributed by atoms with Crippen LogP contribution in [0.4, 0.5) is 0 Å². The van der Waals surface area contributed by atoms with Gasteiger partial charge in [-0.25, -0.2) is 4.79 Å². The fraction of sp³-hybridized carbons (Fsp3) is 0.556. The van der Waals surface area contributed by atoms with Crippen molar-refractivity contribution in [1.82, 2.24) is 0 Å². The molecule has 1 spiro atoms. The molecule has 3 N–H and O–H groups in total. The number of hydrogen-bond donors (Lipinski definition) is 3. The molecule has 188 valence electrons. The Morgan fingerprint density at radius 3 is 2.46 bits per heavy atom. The molecule has 0 aromatic heterocycles. The van der Waals surface area contributed by atoms with Gasteiger partial charge < -0.3 is 20.1 Å². The van der Waals surface area contributed by atoms with Gasteiger partial charge in [0.25, 0.3) is 0 Å². The lowest BCUT2D eigenvalue weighted by atomic mass is 9.59. The standard InChI is InChI=1S/C27H30Cl2O6/c1-12-10-26-13(2)8-16-20(25(16,3)4)15(22(26)32)9-14(11-30)21(31)27(26,34)23(12)35-24(33)19-17(28)6-5-7-18(19)29/h5-7,9-10,13,15-16,20-21,23,30-31,34H,8,11H2,1-4H3/t13-,15?,16?,20?,21?,23?,26?,27?/m1/s1. The fourth-order valence-corrected chi connectivity index (χ4v) is 8.00. The summed E-state index contributed by atoms with van der Waals surface area (Å²) in [4.78, 5) is 27.6. The third kappa shape index (κ3) is 3.07. The number of esters is 1. The molecule has 0 aliphatic heterocycles. The van der Waals surface area contributed by atoms with Crippen LogP contribution in [-0.2, 0) is 9.53 Å². The zero-order valence-corrected chi connectivity index (χ0v) is 21.6. The summed E-state index contributed by atoms with van der Waals surface area (Å²) in [7, 11) is 0. The summed E-state index contributed by atoms with van der Waals surface area (Å²) in [5.41, 5.74) is -3.21. The second kappa shape index (κ2) is 7.90. The number of benzene rings is 1. The molecule has 8 heteroatoms. The summed E-state index contributed by atoms with van der Waals surface area (Å²) in [5.74, 6) is -1.68. The maximum absolute atomic E-state index is 14.3. The number of ketones is 1. The second-order valence-electron chi connectivity index (χ2n) is 11.2. The zero-order chi connectivity index (χ0) is 25.7. The molecule has 7 unspecified atom stereocenters. The van der Waals surface area contributed by atoms with Crippen molar-refractivity contribution in [3.8, 4) is 0 Å². The molecule has 2 fully saturated rings. The number of hydrogen-bond acceptors (Lipinski definition) is 6. The third-order valence-electron chi connectivity index (χ3n) is 9.29. The molecule has 35 heavy (non-hydrogen) atoms. The van der Waals surface area contributed by atoms with Gasteiger partial charge in [0.2, 0.25) is 0 Å². The van der Waals surface area contributed by atoms with Crippen molar-refractivity contribution < 1.29 is 29.6 Å². The Morgan fingerprint density at radius 1 is 1.23 bits per heavy atom. The average Bonchev–Trinajstić information content (AvgIpc) is 3.27. The van der Waals surface area contributed by atoms with E-state index in [1.807, 2.05) is 6.92 Å². The first-order valence-corrected chi connectivity index (χ1v) is 12.7. The van der Waals surface area contributed by atoms with Crippen LogP contribution in [0.1, 0.15) is 44.5 Å². The highest BCUT2D eigenvalue weighted by Crippen LogP contribution is 2.71. The Hall–Kier alpha value is -1.70. The van der Waals surface area contributed by atoms with Crippen molar-refractivity contribution in [2.45, 2.75) is 51.9 Å². The van der Waals surface area contributed by atoms with E-state index >= 15 is 0 Å². The van der Waals surface area contributed by atoms with E-state index in [1.165, 1.54) is 12.1 Å². The van der Waals surface area contributed by atoms with Crippen LogP contribution < -0.4 is 0 Å². The quantitative estimate of drug-likeness (QED) is 0.411.